The Kier molecular flexibility index (Phi) is 3.43. The molecule has 0 aromatic rings. The van der Waals surface area contributed by atoms with Crippen molar-refractivity contribution in [3.05, 3.63) is 12.3 Å². The van der Waals surface area contributed by atoms with Crippen LogP contribution >= 0.6 is 0 Å². The highest BCUT2D eigenvalue weighted by molar-refractivity contribution is 5.89. The van der Waals surface area contributed by atoms with Crippen molar-refractivity contribution in [2.45, 2.75) is 26.8 Å². The fourth-order valence-electron chi connectivity index (χ4n) is 2.50. The molecule has 1 spiro atoms. The summed E-state index contributed by atoms with van der Waals surface area (Å²) in [5.74, 6) is 0.138. The van der Waals surface area contributed by atoms with E-state index in [0.717, 1.165) is 25.3 Å². The molecule has 5 heteroatoms. The first-order chi connectivity index (χ1) is 8.48. The number of carbonyl (C=O) groups excluding carboxylic acids is 1. The van der Waals surface area contributed by atoms with E-state index >= 15 is 0 Å². The van der Waals surface area contributed by atoms with Gasteiger partial charge in [-0.05, 0) is 20.8 Å². The first kappa shape index (κ1) is 13.1. The van der Waals surface area contributed by atoms with Gasteiger partial charge >= 0.3 is 0 Å². The van der Waals surface area contributed by atoms with E-state index in [1.165, 1.54) is 0 Å². The lowest BCUT2D eigenvalue weighted by Gasteiger charge is -2.43. The Morgan fingerprint density at radius 1 is 1.50 bits per heavy atom. The molecule has 100 valence electrons. The Bertz CT molecular complexity index is 390. The molecule has 18 heavy (non-hydrogen) atoms. The standard InChI is InChI=1S/C13H22N4O/c1-5-15-17-9-13(7-14-12(13)18)8-16(10(2)3)6-11(17)4/h5,10H,4,6-9H2,1-3H3,(H,14,18)/b15-5-. The number of hydrazone groups is 1. The highest BCUT2D eigenvalue weighted by Crippen LogP contribution is 2.32. The summed E-state index contributed by atoms with van der Waals surface area (Å²) in [5, 5.41) is 9.07. The van der Waals surface area contributed by atoms with Crippen LogP contribution in [0, 0.1) is 5.41 Å². The summed E-state index contributed by atoms with van der Waals surface area (Å²) in [7, 11) is 0. The molecular weight excluding hydrogens is 228 g/mol. The van der Waals surface area contributed by atoms with E-state index in [9.17, 15) is 4.79 Å². The van der Waals surface area contributed by atoms with E-state index < -0.39 is 0 Å². The molecule has 2 heterocycles. The molecule has 0 bridgehead atoms. The maximum atomic E-state index is 11.9. The summed E-state index contributed by atoms with van der Waals surface area (Å²) in [5.41, 5.74) is 0.634. The normalized spacial score (nSPS) is 29.9. The molecule has 1 atom stereocenters. The highest BCUT2D eigenvalue weighted by atomic mass is 16.2. The minimum Gasteiger partial charge on any atom is -0.354 e. The summed E-state index contributed by atoms with van der Waals surface area (Å²) in [6.45, 7) is 13.2. The quantitative estimate of drug-likeness (QED) is 0.578. The lowest BCUT2D eigenvalue weighted by atomic mass is 9.80. The molecule has 5 nitrogen and oxygen atoms in total. The van der Waals surface area contributed by atoms with Crippen LogP contribution in [0.4, 0.5) is 0 Å². The van der Waals surface area contributed by atoms with Crippen molar-refractivity contribution >= 4 is 12.1 Å². The van der Waals surface area contributed by atoms with Crippen molar-refractivity contribution in [3.63, 3.8) is 0 Å². The summed E-state index contributed by atoms with van der Waals surface area (Å²) >= 11 is 0. The molecule has 2 aliphatic rings. The third-order valence-electron chi connectivity index (χ3n) is 3.76. The maximum Gasteiger partial charge on any atom is 0.231 e. The van der Waals surface area contributed by atoms with Gasteiger partial charge in [0.25, 0.3) is 0 Å². The smallest absolute Gasteiger partial charge is 0.231 e. The second-order valence-electron chi connectivity index (χ2n) is 5.46. The number of hydrogen-bond donors (Lipinski definition) is 1. The molecule has 2 aliphatic heterocycles. The molecule has 0 saturated carbocycles. The number of nitrogens with zero attached hydrogens (tertiary/aromatic N) is 3. The molecule has 0 radical (unpaired) electrons. The van der Waals surface area contributed by atoms with E-state index in [4.69, 9.17) is 0 Å². The van der Waals surface area contributed by atoms with Crippen molar-refractivity contribution in [2.24, 2.45) is 10.5 Å². The summed E-state index contributed by atoms with van der Waals surface area (Å²) in [4.78, 5) is 14.2. The molecule has 0 aromatic carbocycles. The number of hydrogen-bond acceptors (Lipinski definition) is 4. The van der Waals surface area contributed by atoms with Crippen molar-refractivity contribution in [2.75, 3.05) is 26.2 Å². The first-order valence-electron chi connectivity index (χ1n) is 6.45. The number of carbonyl (C=O) groups is 1. The van der Waals surface area contributed by atoms with Crippen LogP contribution < -0.4 is 5.32 Å². The zero-order chi connectivity index (χ0) is 13.3. The Morgan fingerprint density at radius 2 is 2.22 bits per heavy atom. The molecule has 0 aromatic heterocycles. The van der Waals surface area contributed by atoms with Gasteiger partial charge in [-0.1, -0.05) is 6.58 Å². The SMILES string of the molecule is C=C1CN(C(C)C)CC2(CNC2=O)CN1/N=C\C. The Hall–Kier alpha value is -1.36. The van der Waals surface area contributed by atoms with Crippen LogP contribution in [-0.4, -0.2) is 54.3 Å². The third kappa shape index (κ3) is 2.14. The molecule has 2 fully saturated rings. The average molecular weight is 250 g/mol. The molecular formula is C13H22N4O. The van der Waals surface area contributed by atoms with Gasteiger partial charge < -0.3 is 5.32 Å². The van der Waals surface area contributed by atoms with Crippen molar-refractivity contribution in [1.29, 1.82) is 0 Å². The monoisotopic (exact) mass is 250 g/mol. The Balaban J connectivity index is 2.26. The lowest BCUT2D eigenvalue weighted by Crippen LogP contribution is -2.66. The van der Waals surface area contributed by atoms with E-state index in [0.29, 0.717) is 12.6 Å². The molecule has 1 N–H and O–H groups in total. The summed E-state index contributed by atoms with van der Waals surface area (Å²) < 4.78 is 0. The largest absolute Gasteiger partial charge is 0.354 e. The van der Waals surface area contributed by atoms with E-state index in [2.05, 4.69) is 35.7 Å². The number of β-lactam (4-membered cyclic amide) rings is 1. The van der Waals surface area contributed by atoms with Crippen LogP contribution in [0.25, 0.3) is 0 Å². The van der Waals surface area contributed by atoms with Gasteiger partial charge in [0.05, 0.1) is 12.0 Å². The number of rotatable bonds is 2. The molecule has 1 amide bonds. The molecule has 2 rings (SSSR count). The predicted octanol–water partition coefficient (Wildman–Crippen LogP) is 0.648. The minimum atomic E-state index is -0.323. The fourth-order valence-corrected chi connectivity index (χ4v) is 2.50. The lowest BCUT2D eigenvalue weighted by molar-refractivity contribution is -0.142. The summed E-state index contributed by atoms with van der Waals surface area (Å²) in [6.07, 6.45) is 1.75. The minimum absolute atomic E-state index is 0.138. The average Bonchev–Trinajstić information content (AvgIpc) is 2.48. The van der Waals surface area contributed by atoms with Gasteiger partial charge in [0.1, 0.15) is 0 Å². The van der Waals surface area contributed by atoms with Gasteiger partial charge in [-0.2, -0.15) is 5.10 Å². The van der Waals surface area contributed by atoms with E-state index in [1.807, 2.05) is 11.9 Å². The number of amides is 1. The second kappa shape index (κ2) is 4.72. The van der Waals surface area contributed by atoms with Gasteiger partial charge in [-0.15, -0.1) is 0 Å². The van der Waals surface area contributed by atoms with Crippen molar-refractivity contribution in [1.82, 2.24) is 15.2 Å². The van der Waals surface area contributed by atoms with Gasteiger partial charge in [-0.3, -0.25) is 14.7 Å². The van der Waals surface area contributed by atoms with E-state index in [1.54, 1.807) is 6.21 Å². The van der Waals surface area contributed by atoms with Crippen LogP contribution in [0.15, 0.2) is 17.4 Å². The molecule has 1 unspecified atom stereocenters. The fraction of sp³-hybridized carbons (Fsp3) is 0.692. The summed E-state index contributed by atoms with van der Waals surface area (Å²) in [6, 6.07) is 0.401. The first-order valence-corrected chi connectivity index (χ1v) is 6.45. The third-order valence-corrected chi connectivity index (χ3v) is 3.76. The topological polar surface area (TPSA) is 47.9 Å². The van der Waals surface area contributed by atoms with Crippen LogP contribution in [-0.2, 0) is 4.79 Å². The van der Waals surface area contributed by atoms with Crippen LogP contribution in [0.1, 0.15) is 20.8 Å². The highest BCUT2D eigenvalue weighted by Gasteiger charge is 2.50. The van der Waals surface area contributed by atoms with Crippen LogP contribution in [0.2, 0.25) is 0 Å². The van der Waals surface area contributed by atoms with Crippen molar-refractivity contribution < 1.29 is 4.79 Å². The van der Waals surface area contributed by atoms with Gasteiger partial charge in [-0.25, -0.2) is 0 Å². The number of nitrogens with one attached hydrogen (secondary N) is 1. The van der Waals surface area contributed by atoms with Crippen molar-refractivity contribution in [3.8, 4) is 0 Å². The van der Waals surface area contributed by atoms with Gasteiger partial charge in [0.15, 0.2) is 0 Å². The van der Waals surface area contributed by atoms with Crippen LogP contribution in [0.3, 0.4) is 0 Å². The second-order valence-corrected chi connectivity index (χ2v) is 5.46. The van der Waals surface area contributed by atoms with E-state index in [-0.39, 0.29) is 11.3 Å². The van der Waals surface area contributed by atoms with Gasteiger partial charge in [0.2, 0.25) is 5.91 Å². The predicted molar refractivity (Wildman–Crippen MR) is 72.2 cm³/mol. The Morgan fingerprint density at radius 3 is 2.67 bits per heavy atom. The van der Waals surface area contributed by atoms with Crippen LogP contribution in [0.5, 0.6) is 0 Å². The zero-order valence-electron chi connectivity index (χ0n) is 11.4. The zero-order valence-corrected chi connectivity index (χ0v) is 11.4. The maximum absolute atomic E-state index is 11.9. The Labute approximate surface area is 109 Å². The molecule has 2 saturated heterocycles. The molecule has 0 aliphatic carbocycles. The van der Waals surface area contributed by atoms with Gasteiger partial charge in [0, 0.05) is 37.6 Å².